The minimum Gasteiger partial charge on any atom is -0.345 e. The maximum Gasteiger partial charge on any atom is 0.215 e. The fourth-order valence-corrected chi connectivity index (χ4v) is 9.19. The number of benzene rings is 1. The summed E-state index contributed by atoms with van der Waals surface area (Å²) < 4.78 is 33.2. The smallest absolute Gasteiger partial charge is 0.215 e. The molecule has 184 valence electrons. The van der Waals surface area contributed by atoms with E-state index in [4.69, 9.17) is 4.98 Å². The van der Waals surface area contributed by atoms with Gasteiger partial charge in [0.25, 0.3) is 0 Å². The third kappa shape index (κ3) is 4.09. The molecule has 34 heavy (non-hydrogen) atoms. The van der Waals surface area contributed by atoms with Gasteiger partial charge in [0.05, 0.1) is 5.75 Å². The molecular weight excluding hydrogens is 468 g/mol. The molecular formula is C25H34N4O3S2. The molecule has 1 saturated heterocycles. The van der Waals surface area contributed by atoms with E-state index in [0.29, 0.717) is 44.8 Å². The molecule has 5 rings (SSSR count). The van der Waals surface area contributed by atoms with Crippen LogP contribution in [0.15, 0.2) is 24.3 Å². The highest BCUT2D eigenvalue weighted by Crippen LogP contribution is 2.64. The van der Waals surface area contributed by atoms with E-state index in [1.165, 1.54) is 22.7 Å². The Hall–Kier alpha value is -1.84. The zero-order valence-corrected chi connectivity index (χ0v) is 21.9. The van der Waals surface area contributed by atoms with Gasteiger partial charge in [-0.2, -0.15) is 4.37 Å². The van der Waals surface area contributed by atoms with Gasteiger partial charge < -0.3 is 4.90 Å². The molecule has 0 spiro atoms. The van der Waals surface area contributed by atoms with Crippen molar-refractivity contribution < 1.29 is 13.2 Å². The van der Waals surface area contributed by atoms with Gasteiger partial charge in [-0.1, -0.05) is 43.7 Å². The first-order chi connectivity index (χ1) is 16.1. The highest BCUT2D eigenvalue weighted by atomic mass is 32.2. The van der Waals surface area contributed by atoms with Gasteiger partial charge in [-0.15, -0.1) is 0 Å². The van der Waals surface area contributed by atoms with E-state index in [2.05, 4.69) is 54.3 Å². The Morgan fingerprint density at radius 3 is 2.56 bits per heavy atom. The second-order valence-corrected chi connectivity index (χ2v) is 13.5. The summed E-state index contributed by atoms with van der Waals surface area (Å²) in [6, 6.07) is 8.40. The van der Waals surface area contributed by atoms with Crippen LogP contribution in [-0.4, -0.2) is 59.8 Å². The van der Waals surface area contributed by atoms with Crippen LogP contribution in [0.4, 0.5) is 5.13 Å². The highest BCUT2D eigenvalue weighted by Gasteiger charge is 2.65. The number of carbonyl (C=O) groups excluding carboxylic acids is 1. The van der Waals surface area contributed by atoms with Crippen molar-refractivity contribution in [3.05, 3.63) is 41.2 Å². The van der Waals surface area contributed by atoms with E-state index in [1.807, 2.05) is 0 Å². The van der Waals surface area contributed by atoms with Gasteiger partial charge in [-0.05, 0) is 43.1 Å². The Balaban J connectivity index is 1.25. The number of fused-ring (bicyclic) bond motifs is 2. The van der Waals surface area contributed by atoms with Crippen LogP contribution in [0.5, 0.6) is 0 Å². The van der Waals surface area contributed by atoms with Gasteiger partial charge in [0.1, 0.15) is 11.6 Å². The zero-order chi connectivity index (χ0) is 24.1. The molecule has 2 aromatic rings. The topological polar surface area (TPSA) is 83.5 Å². The van der Waals surface area contributed by atoms with Crippen molar-refractivity contribution >= 4 is 32.5 Å². The lowest BCUT2D eigenvalue weighted by atomic mass is 9.70. The van der Waals surface area contributed by atoms with E-state index in [-0.39, 0.29) is 17.0 Å². The summed E-state index contributed by atoms with van der Waals surface area (Å²) in [6.07, 6.45) is 3.64. The number of anilines is 1. The number of Topliss-reactive ketones (excluding diaryl/α,β-unsaturated/α-hetero) is 1. The van der Waals surface area contributed by atoms with Gasteiger partial charge in [0.2, 0.25) is 15.2 Å². The van der Waals surface area contributed by atoms with E-state index in [9.17, 15) is 13.2 Å². The van der Waals surface area contributed by atoms with Crippen LogP contribution >= 0.6 is 11.5 Å². The number of sulfonamides is 1. The molecule has 2 aliphatic carbocycles. The number of aromatic nitrogens is 2. The van der Waals surface area contributed by atoms with E-state index < -0.39 is 15.4 Å². The lowest BCUT2D eigenvalue weighted by Crippen LogP contribution is -2.47. The molecule has 1 aromatic carbocycles. The van der Waals surface area contributed by atoms with Crippen molar-refractivity contribution in [2.75, 3.05) is 36.8 Å². The van der Waals surface area contributed by atoms with E-state index in [1.54, 1.807) is 4.31 Å². The average Bonchev–Trinajstić information content (AvgIpc) is 3.28. The van der Waals surface area contributed by atoms with Crippen molar-refractivity contribution in [3.63, 3.8) is 0 Å². The molecule has 2 heterocycles. The molecule has 0 amide bonds. The summed E-state index contributed by atoms with van der Waals surface area (Å²) in [6.45, 7) is 8.51. The van der Waals surface area contributed by atoms with Crippen LogP contribution in [0, 0.1) is 23.7 Å². The number of hydrogen-bond acceptors (Lipinski definition) is 7. The number of ketones is 1. The number of rotatable bonds is 6. The number of nitrogens with zero attached hydrogens (tertiary/aromatic N) is 4. The molecule has 2 saturated carbocycles. The first kappa shape index (κ1) is 23.9. The lowest BCUT2D eigenvalue weighted by molar-refractivity contribution is -0.128. The Morgan fingerprint density at radius 2 is 1.88 bits per heavy atom. The Labute approximate surface area is 206 Å². The van der Waals surface area contributed by atoms with Crippen molar-refractivity contribution in [2.24, 2.45) is 16.7 Å². The second-order valence-electron chi connectivity index (χ2n) is 10.8. The third-order valence-electron chi connectivity index (χ3n) is 8.63. The summed E-state index contributed by atoms with van der Waals surface area (Å²) in [7, 11) is -3.53. The summed E-state index contributed by atoms with van der Waals surface area (Å²) in [5.41, 5.74) is 1.45. The third-order valence-corrected chi connectivity index (χ3v) is 11.5. The van der Waals surface area contributed by atoms with E-state index in [0.717, 1.165) is 30.3 Å². The molecule has 2 atom stereocenters. The van der Waals surface area contributed by atoms with Crippen LogP contribution in [0.1, 0.15) is 56.5 Å². The Kier molecular flexibility index (Phi) is 6.09. The molecule has 0 N–H and O–H groups in total. The minimum absolute atomic E-state index is 0.0398. The predicted molar refractivity (Wildman–Crippen MR) is 135 cm³/mol. The molecule has 1 aromatic heterocycles. The minimum atomic E-state index is -3.53. The Morgan fingerprint density at radius 1 is 1.12 bits per heavy atom. The first-order valence-corrected chi connectivity index (χ1v) is 14.6. The maximum atomic E-state index is 13.5. The van der Waals surface area contributed by atoms with Crippen LogP contribution in [0.3, 0.4) is 0 Å². The predicted octanol–water partition coefficient (Wildman–Crippen LogP) is 3.67. The van der Waals surface area contributed by atoms with Crippen molar-refractivity contribution in [1.29, 1.82) is 0 Å². The molecule has 2 bridgehead atoms. The molecule has 3 aliphatic rings. The summed E-state index contributed by atoms with van der Waals surface area (Å²) in [5, 5.41) is 0.852. The van der Waals surface area contributed by atoms with Crippen molar-refractivity contribution in [1.82, 2.24) is 13.7 Å². The zero-order valence-electron chi connectivity index (χ0n) is 20.3. The maximum absolute atomic E-state index is 13.5. The van der Waals surface area contributed by atoms with Crippen molar-refractivity contribution in [2.45, 2.75) is 52.9 Å². The molecule has 7 nitrogen and oxygen atoms in total. The summed E-state index contributed by atoms with van der Waals surface area (Å²) >= 11 is 1.38. The standard InChI is InChI=1S/C25H34N4O3S2/c1-18-5-7-19(8-6-18)15-22-26-23(33-27-22)28-11-4-12-29(14-13-28)34(31,32)17-25-10-9-20(16-21(25)30)24(25,2)3/h5-8,20H,4,9-17H2,1-3H3. The van der Waals surface area contributed by atoms with Crippen LogP contribution in [0.2, 0.25) is 0 Å². The Bertz CT molecular complexity index is 1180. The average molecular weight is 503 g/mol. The van der Waals surface area contributed by atoms with Gasteiger partial charge in [0, 0.05) is 56.0 Å². The number of aryl methyl sites for hydroxylation is 1. The number of carbonyl (C=O) groups is 1. The van der Waals surface area contributed by atoms with Crippen LogP contribution in [-0.2, 0) is 21.2 Å². The largest absolute Gasteiger partial charge is 0.345 e. The van der Waals surface area contributed by atoms with Gasteiger partial charge in [-0.25, -0.2) is 17.7 Å². The molecule has 2 unspecified atom stereocenters. The lowest BCUT2D eigenvalue weighted by Gasteiger charge is -2.37. The fourth-order valence-electron chi connectivity index (χ4n) is 6.21. The molecule has 9 heteroatoms. The van der Waals surface area contributed by atoms with Crippen LogP contribution < -0.4 is 4.90 Å². The van der Waals surface area contributed by atoms with E-state index >= 15 is 0 Å². The second kappa shape index (κ2) is 8.68. The van der Waals surface area contributed by atoms with Crippen LogP contribution in [0.25, 0.3) is 0 Å². The highest BCUT2D eigenvalue weighted by molar-refractivity contribution is 7.89. The molecule has 3 fully saturated rings. The monoisotopic (exact) mass is 502 g/mol. The quantitative estimate of drug-likeness (QED) is 0.599. The van der Waals surface area contributed by atoms with Gasteiger partial charge in [-0.3, -0.25) is 4.79 Å². The normalized spacial score (nSPS) is 27.3. The van der Waals surface area contributed by atoms with Gasteiger partial charge in [0.15, 0.2) is 0 Å². The molecule has 1 aliphatic heterocycles. The fraction of sp³-hybridized carbons (Fsp3) is 0.640. The number of hydrogen-bond donors (Lipinski definition) is 0. The summed E-state index contributed by atoms with van der Waals surface area (Å²) in [4.78, 5) is 19.8. The first-order valence-electron chi connectivity index (χ1n) is 12.2. The summed E-state index contributed by atoms with van der Waals surface area (Å²) in [5.74, 6) is 1.24. The molecule has 0 radical (unpaired) electrons. The SMILES string of the molecule is Cc1ccc(Cc2nsc(N3CCCN(S(=O)(=O)CC45CCC(CC4=O)C5(C)C)CC3)n2)cc1. The van der Waals surface area contributed by atoms with Crippen molar-refractivity contribution in [3.8, 4) is 0 Å². The van der Waals surface area contributed by atoms with Gasteiger partial charge >= 0.3 is 0 Å².